The van der Waals surface area contributed by atoms with Crippen LogP contribution in [0.15, 0.2) is 84.9 Å². The molecule has 0 aliphatic carbocycles. The van der Waals surface area contributed by atoms with Gasteiger partial charge in [0.2, 0.25) is 11.8 Å². The van der Waals surface area contributed by atoms with Crippen LogP contribution >= 0.6 is 0 Å². The number of hydrogen-bond acceptors (Lipinski definition) is 2. The highest BCUT2D eigenvalue weighted by molar-refractivity contribution is 6.02. The van der Waals surface area contributed by atoms with E-state index in [-0.39, 0.29) is 24.1 Å². The zero-order valence-electron chi connectivity index (χ0n) is 18.7. The molecule has 4 nitrogen and oxygen atoms in total. The third-order valence-corrected chi connectivity index (χ3v) is 6.35. The standard InChI is InChI=1S/C27H25F3N2O2/c1-26(25(34)31-22-14-12-21(13-15-22)27(28,29)30)17-16-24(33)32(26)23(20-10-6-3-7-11-20)18-19-8-4-2-5-9-19/h2-15,23H,16-18H2,1H3,(H,31,34)/t23-,26+/m1/s1. The summed E-state index contributed by atoms with van der Waals surface area (Å²) in [5.74, 6) is -0.554. The molecule has 34 heavy (non-hydrogen) atoms. The molecule has 0 radical (unpaired) electrons. The van der Waals surface area contributed by atoms with Gasteiger partial charge < -0.3 is 10.2 Å². The lowest BCUT2D eigenvalue weighted by atomic mass is 9.91. The zero-order chi connectivity index (χ0) is 24.3. The molecule has 1 N–H and O–H groups in total. The topological polar surface area (TPSA) is 49.4 Å². The van der Waals surface area contributed by atoms with Crippen molar-refractivity contribution in [2.24, 2.45) is 0 Å². The minimum absolute atomic E-state index is 0.130. The molecular formula is C27H25F3N2O2. The minimum Gasteiger partial charge on any atom is -0.324 e. The molecule has 0 saturated carbocycles. The lowest BCUT2D eigenvalue weighted by Gasteiger charge is -2.40. The van der Waals surface area contributed by atoms with Crippen LogP contribution in [0, 0.1) is 0 Å². The molecule has 4 rings (SSSR count). The van der Waals surface area contributed by atoms with E-state index in [0.717, 1.165) is 23.3 Å². The molecule has 2 atom stereocenters. The van der Waals surface area contributed by atoms with Gasteiger partial charge in [-0.3, -0.25) is 9.59 Å². The van der Waals surface area contributed by atoms with Crippen molar-refractivity contribution in [1.29, 1.82) is 0 Å². The maximum atomic E-state index is 13.4. The highest BCUT2D eigenvalue weighted by Gasteiger charge is 2.50. The Bertz CT molecular complexity index is 1150. The van der Waals surface area contributed by atoms with Crippen molar-refractivity contribution in [3.8, 4) is 0 Å². The molecule has 176 valence electrons. The summed E-state index contributed by atoms with van der Waals surface area (Å²) in [4.78, 5) is 28.2. The van der Waals surface area contributed by atoms with Gasteiger partial charge in [-0.15, -0.1) is 0 Å². The number of nitrogens with one attached hydrogen (secondary N) is 1. The van der Waals surface area contributed by atoms with Crippen molar-refractivity contribution < 1.29 is 22.8 Å². The van der Waals surface area contributed by atoms with Gasteiger partial charge in [-0.05, 0) is 55.2 Å². The molecule has 2 amide bonds. The highest BCUT2D eigenvalue weighted by atomic mass is 19.4. The second-order valence-corrected chi connectivity index (χ2v) is 8.68. The predicted molar refractivity (Wildman–Crippen MR) is 124 cm³/mol. The average molecular weight is 467 g/mol. The van der Waals surface area contributed by atoms with Crippen LogP contribution in [0.5, 0.6) is 0 Å². The fraction of sp³-hybridized carbons (Fsp3) is 0.259. The molecule has 7 heteroatoms. The van der Waals surface area contributed by atoms with Gasteiger partial charge in [0.1, 0.15) is 5.54 Å². The van der Waals surface area contributed by atoms with E-state index in [1.165, 1.54) is 12.1 Å². The molecule has 1 aliphatic rings. The van der Waals surface area contributed by atoms with Crippen molar-refractivity contribution in [2.45, 2.75) is 43.9 Å². The second-order valence-electron chi connectivity index (χ2n) is 8.68. The zero-order valence-corrected chi connectivity index (χ0v) is 18.7. The summed E-state index contributed by atoms with van der Waals surface area (Å²) in [5, 5.41) is 2.72. The number of rotatable bonds is 6. The maximum absolute atomic E-state index is 13.4. The Labute approximate surface area is 196 Å². The number of alkyl halides is 3. The second kappa shape index (κ2) is 9.33. The molecule has 0 spiro atoms. The van der Waals surface area contributed by atoms with E-state index in [1.807, 2.05) is 60.7 Å². The highest BCUT2D eigenvalue weighted by Crippen LogP contribution is 2.40. The molecule has 0 unspecified atom stereocenters. The molecule has 3 aromatic carbocycles. The van der Waals surface area contributed by atoms with E-state index in [2.05, 4.69) is 5.32 Å². The van der Waals surface area contributed by atoms with Crippen LogP contribution in [-0.4, -0.2) is 22.3 Å². The van der Waals surface area contributed by atoms with Gasteiger partial charge in [0, 0.05) is 12.1 Å². The van der Waals surface area contributed by atoms with Crippen LogP contribution in [0.1, 0.15) is 42.5 Å². The van der Waals surface area contributed by atoms with Gasteiger partial charge in [-0.25, -0.2) is 0 Å². The van der Waals surface area contributed by atoms with Crippen LogP contribution in [0.25, 0.3) is 0 Å². The fourth-order valence-electron chi connectivity index (χ4n) is 4.49. The minimum atomic E-state index is -4.45. The summed E-state index contributed by atoms with van der Waals surface area (Å²) in [5.41, 5.74) is 0.241. The summed E-state index contributed by atoms with van der Waals surface area (Å²) in [6.45, 7) is 1.72. The Morgan fingerprint density at radius 1 is 0.971 bits per heavy atom. The lowest BCUT2D eigenvalue weighted by molar-refractivity contribution is -0.141. The smallest absolute Gasteiger partial charge is 0.324 e. The summed E-state index contributed by atoms with van der Waals surface area (Å²) >= 11 is 0. The van der Waals surface area contributed by atoms with Crippen LogP contribution in [0.3, 0.4) is 0 Å². The van der Waals surface area contributed by atoms with Crippen molar-refractivity contribution in [3.05, 3.63) is 102 Å². The third-order valence-electron chi connectivity index (χ3n) is 6.35. The molecular weight excluding hydrogens is 441 g/mol. The van der Waals surface area contributed by atoms with E-state index in [9.17, 15) is 22.8 Å². The Hall–Kier alpha value is -3.61. The number of anilines is 1. The van der Waals surface area contributed by atoms with Crippen LogP contribution in [-0.2, 0) is 22.2 Å². The van der Waals surface area contributed by atoms with E-state index >= 15 is 0 Å². The summed E-state index contributed by atoms with van der Waals surface area (Å²) in [6.07, 6.45) is -3.39. The Morgan fingerprint density at radius 3 is 2.15 bits per heavy atom. The molecule has 0 aromatic heterocycles. The maximum Gasteiger partial charge on any atom is 0.416 e. The Morgan fingerprint density at radius 2 is 1.56 bits per heavy atom. The number of amides is 2. The lowest BCUT2D eigenvalue weighted by Crippen LogP contribution is -2.53. The average Bonchev–Trinajstić information content (AvgIpc) is 3.14. The molecule has 1 fully saturated rings. The molecule has 1 heterocycles. The number of likely N-dealkylation sites (tertiary alicyclic amines) is 1. The van der Waals surface area contributed by atoms with Crippen LogP contribution < -0.4 is 5.32 Å². The molecule has 1 aliphatic heterocycles. The van der Waals surface area contributed by atoms with Gasteiger partial charge >= 0.3 is 6.18 Å². The van der Waals surface area contributed by atoms with E-state index in [1.54, 1.807) is 11.8 Å². The third kappa shape index (κ3) is 4.83. The van der Waals surface area contributed by atoms with Crippen molar-refractivity contribution in [1.82, 2.24) is 4.90 Å². The number of carbonyl (C=O) groups excluding carboxylic acids is 2. The largest absolute Gasteiger partial charge is 0.416 e. The first-order chi connectivity index (χ1) is 16.2. The number of nitrogens with zero attached hydrogens (tertiary/aromatic N) is 1. The quantitative estimate of drug-likeness (QED) is 0.484. The predicted octanol–water partition coefficient (Wildman–Crippen LogP) is 6.01. The van der Waals surface area contributed by atoms with E-state index in [4.69, 9.17) is 0 Å². The van der Waals surface area contributed by atoms with Crippen LogP contribution in [0.2, 0.25) is 0 Å². The number of hydrogen-bond donors (Lipinski definition) is 1. The summed E-state index contributed by atoms with van der Waals surface area (Å²) in [6, 6.07) is 23.2. The fourth-order valence-corrected chi connectivity index (χ4v) is 4.49. The van der Waals surface area contributed by atoms with Gasteiger partial charge in [0.05, 0.1) is 11.6 Å². The van der Waals surface area contributed by atoms with E-state index < -0.39 is 23.2 Å². The SMILES string of the molecule is C[C@@]1(C(=O)Nc2ccc(C(F)(F)F)cc2)CCC(=O)N1[C@H](Cc1ccccc1)c1ccccc1. The first-order valence-electron chi connectivity index (χ1n) is 11.1. The van der Waals surface area contributed by atoms with Gasteiger partial charge in [0.15, 0.2) is 0 Å². The van der Waals surface area contributed by atoms with Gasteiger partial charge in [-0.2, -0.15) is 13.2 Å². The monoisotopic (exact) mass is 466 g/mol. The first-order valence-corrected chi connectivity index (χ1v) is 11.1. The number of benzene rings is 3. The Balaban J connectivity index is 1.64. The van der Waals surface area contributed by atoms with E-state index in [0.29, 0.717) is 12.8 Å². The van der Waals surface area contributed by atoms with Gasteiger partial charge in [-0.1, -0.05) is 60.7 Å². The number of halogens is 3. The molecule has 1 saturated heterocycles. The summed E-state index contributed by atoms with van der Waals surface area (Å²) in [7, 11) is 0. The molecule has 3 aromatic rings. The van der Waals surface area contributed by atoms with Gasteiger partial charge in [0.25, 0.3) is 0 Å². The Kier molecular flexibility index (Phi) is 6.46. The first kappa shape index (κ1) is 23.5. The van der Waals surface area contributed by atoms with Crippen molar-refractivity contribution in [2.75, 3.05) is 5.32 Å². The normalized spacial score (nSPS) is 19.2. The molecule has 0 bridgehead atoms. The van der Waals surface area contributed by atoms with Crippen LogP contribution in [0.4, 0.5) is 18.9 Å². The number of carbonyl (C=O) groups is 2. The van der Waals surface area contributed by atoms with Crippen molar-refractivity contribution >= 4 is 17.5 Å². The summed E-state index contributed by atoms with van der Waals surface area (Å²) < 4.78 is 38.6. The van der Waals surface area contributed by atoms with Crippen molar-refractivity contribution in [3.63, 3.8) is 0 Å².